The minimum atomic E-state index is -0.810. The van der Waals surface area contributed by atoms with Crippen LogP contribution in [0.1, 0.15) is 16.6 Å². The van der Waals surface area contributed by atoms with Crippen molar-refractivity contribution >= 4 is 33.1 Å². The number of esters is 1. The topological polar surface area (TPSA) is 110 Å². The number of hydrogen-bond donors (Lipinski definition) is 2. The van der Waals surface area contributed by atoms with E-state index in [2.05, 4.69) is 0 Å². The van der Waals surface area contributed by atoms with Gasteiger partial charge >= 0.3 is 11.7 Å². The number of phenolic OH excluding ortho intramolecular Hbond substituents is 2. The Bertz CT molecular complexity index is 677. The second-order valence-electron chi connectivity index (χ2n) is 3.60. The number of aromatic hydroxyl groups is 2. The average molecular weight is 283 g/mol. The number of rotatable bonds is 3. The highest BCUT2D eigenvalue weighted by atomic mass is 32.1. The molecule has 2 rings (SSSR count). The van der Waals surface area contributed by atoms with Gasteiger partial charge in [-0.05, 0) is 19.1 Å². The van der Waals surface area contributed by atoms with E-state index in [1.54, 1.807) is 6.92 Å². The molecular weight excluding hydrogens is 274 g/mol. The van der Waals surface area contributed by atoms with Gasteiger partial charge in [-0.15, -0.1) is 11.3 Å². The number of phenols is 2. The van der Waals surface area contributed by atoms with Gasteiger partial charge in [-0.25, -0.2) is 4.79 Å². The third-order valence-corrected chi connectivity index (χ3v) is 3.53. The summed E-state index contributed by atoms with van der Waals surface area (Å²) in [6.07, 6.45) is 0. The van der Waals surface area contributed by atoms with Crippen LogP contribution in [0.15, 0.2) is 12.1 Å². The molecular formula is C11H9NO6S. The highest BCUT2D eigenvalue weighted by molar-refractivity contribution is 7.21. The molecule has 0 saturated heterocycles. The lowest BCUT2D eigenvalue weighted by atomic mass is 10.2. The fraction of sp³-hybridized carbons (Fsp3) is 0.182. The Kier molecular flexibility index (Phi) is 3.26. The molecule has 7 nitrogen and oxygen atoms in total. The Morgan fingerprint density at radius 3 is 2.74 bits per heavy atom. The van der Waals surface area contributed by atoms with Crippen molar-refractivity contribution in [2.24, 2.45) is 0 Å². The van der Waals surface area contributed by atoms with Gasteiger partial charge in [-0.3, -0.25) is 10.1 Å². The van der Waals surface area contributed by atoms with Crippen LogP contribution < -0.4 is 0 Å². The van der Waals surface area contributed by atoms with Gasteiger partial charge in [0.1, 0.15) is 9.58 Å². The fourth-order valence-electron chi connectivity index (χ4n) is 1.61. The van der Waals surface area contributed by atoms with E-state index in [1.807, 2.05) is 0 Å². The summed E-state index contributed by atoms with van der Waals surface area (Å²) >= 11 is 0.836. The summed E-state index contributed by atoms with van der Waals surface area (Å²) < 4.78 is 4.91. The van der Waals surface area contributed by atoms with Crippen molar-refractivity contribution in [1.29, 1.82) is 0 Å². The van der Waals surface area contributed by atoms with Gasteiger partial charge in [0.2, 0.25) is 5.75 Å². The second kappa shape index (κ2) is 4.73. The molecule has 2 aromatic rings. The van der Waals surface area contributed by atoms with E-state index < -0.39 is 28.1 Å². The number of nitro groups is 1. The summed E-state index contributed by atoms with van der Waals surface area (Å²) in [4.78, 5) is 21.8. The normalized spacial score (nSPS) is 10.6. The summed E-state index contributed by atoms with van der Waals surface area (Å²) in [6, 6.07) is 2.54. The number of thiophene rings is 1. The monoisotopic (exact) mass is 283 g/mol. The first-order valence-corrected chi connectivity index (χ1v) is 6.07. The fourth-order valence-corrected chi connectivity index (χ4v) is 2.67. The van der Waals surface area contributed by atoms with Crippen molar-refractivity contribution in [2.45, 2.75) is 6.92 Å². The maximum absolute atomic E-state index is 11.6. The first-order valence-electron chi connectivity index (χ1n) is 5.25. The van der Waals surface area contributed by atoms with E-state index in [4.69, 9.17) is 4.74 Å². The molecule has 2 N–H and O–H groups in total. The van der Waals surface area contributed by atoms with Crippen molar-refractivity contribution in [3.63, 3.8) is 0 Å². The van der Waals surface area contributed by atoms with Crippen LogP contribution in [0.2, 0.25) is 0 Å². The lowest BCUT2D eigenvalue weighted by molar-refractivity contribution is -0.383. The van der Waals surface area contributed by atoms with Gasteiger partial charge in [-0.2, -0.15) is 0 Å². The van der Waals surface area contributed by atoms with Crippen molar-refractivity contribution in [3.8, 4) is 11.5 Å². The number of hydrogen-bond acceptors (Lipinski definition) is 7. The lowest BCUT2D eigenvalue weighted by Gasteiger charge is -1.99. The predicted octanol–water partition coefficient (Wildman–Crippen LogP) is 2.40. The summed E-state index contributed by atoms with van der Waals surface area (Å²) in [7, 11) is 0. The van der Waals surface area contributed by atoms with Crippen LogP contribution in [0.25, 0.3) is 10.1 Å². The van der Waals surface area contributed by atoms with Crippen molar-refractivity contribution in [1.82, 2.24) is 0 Å². The predicted molar refractivity (Wildman–Crippen MR) is 67.8 cm³/mol. The van der Waals surface area contributed by atoms with Crippen LogP contribution in [0.4, 0.5) is 5.69 Å². The number of carbonyl (C=O) groups is 1. The summed E-state index contributed by atoms with van der Waals surface area (Å²) in [5.74, 6) is -2.01. The van der Waals surface area contributed by atoms with Gasteiger partial charge in [-0.1, -0.05) is 0 Å². The van der Waals surface area contributed by atoms with Crippen LogP contribution in [0.5, 0.6) is 11.5 Å². The molecule has 8 heteroatoms. The number of nitro benzene ring substituents is 1. The Morgan fingerprint density at radius 2 is 2.16 bits per heavy atom. The molecule has 0 amide bonds. The van der Waals surface area contributed by atoms with Crippen LogP contribution in [0.3, 0.4) is 0 Å². The van der Waals surface area contributed by atoms with Crippen molar-refractivity contribution < 1.29 is 24.7 Å². The minimum Gasteiger partial charge on any atom is -0.504 e. The summed E-state index contributed by atoms with van der Waals surface area (Å²) in [6.45, 7) is 1.83. The number of carbonyl (C=O) groups excluding carboxylic acids is 1. The van der Waals surface area contributed by atoms with E-state index >= 15 is 0 Å². The number of nitrogens with zero attached hydrogens (tertiary/aromatic N) is 1. The molecule has 0 aliphatic heterocycles. The Labute approximate surface area is 110 Å². The Balaban J connectivity index is 2.68. The van der Waals surface area contributed by atoms with Gasteiger partial charge in [0.15, 0.2) is 5.75 Å². The van der Waals surface area contributed by atoms with Gasteiger partial charge in [0.25, 0.3) is 0 Å². The molecule has 0 atom stereocenters. The molecule has 100 valence electrons. The highest BCUT2D eigenvalue weighted by Gasteiger charge is 2.25. The zero-order valence-electron chi connectivity index (χ0n) is 9.74. The molecule has 0 aliphatic rings. The molecule has 1 aromatic carbocycles. The van der Waals surface area contributed by atoms with E-state index in [0.717, 1.165) is 17.4 Å². The average Bonchev–Trinajstić information content (AvgIpc) is 2.73. The maximum Gasteiger partial charge on any atom is 0.348 e. The van der Waals surface area contributed by atoms with Gasteiger partial charge < -0.3 is 14.9 Å². The first kappa shape index (κ1) is 13.1. The number of fused-ring (bicyclic) bond motifs is 1. The zero-order chi connectivity index (χ0) is 14.2. The molecule has 0 aliphatic carbocycles. The quantitative estimate of drug-likeness (QED) is 0.387. The summed E-state index contributed by atoms with van der Waals surface area (Å²) in [5, 5.41) is 30.2. The van der Waals surface area contributed by atoms with E-state index in [-0.39, 0.29) is 16.2 Å². The van der Waals surface area contributed by atoms with Crippen molar-refractivity contribution in [3.05, 3.63) is 27.1 Å². The standard InChI is InChI=1S/C11H9NO6S/c1-2-18-11(15)7-4-5-3-6(13)9(14)8(12(16)17)10(5)19-7/h3-4,13-14H,2H2,1H3. The molecule has 0 radical (unpaired) electrons. The zero-order valence-corrected chi connectivity index (χ0v) is 10.6. The Morgan fingerprint density at radius 1 is 1.47 bits per heavy atom. The molecule has 1 heterocycles. The van der Waals surface area contributed by atoms with Crippen LogP contribution >= 0.6 is 11.3 Å². The third kappa shape index (κ3) is 2.17. The minimum absolute atomic E-state index is 0.114. The SMILES string of the molecule is CCOC(=O)c1cc2cc(O)c(O)c([N+](=O)[O-])c2s1. The van der Waals surface area contributed by atoms with Crippen LogP contribution in [0, 0.1) is 10.1 Å². The van der Waals surface area contributed by atoms with Crippen molar-refractivity contribution in [2.75, 3.05) is 6.61 Å². The van der Waals surface area contributed by atoms with Gasteiger partial charge in [0, 0.05) is 5.39 Å². The smallest absolute Gasteiger partial charge is 0.348 e. The molecule has 1 aromatic heterocycles. The molecule has 0 bridgehead atoms. The molecule has 0 unspecified atom stereocenters. The first-order chi connectivity index (χ1) is 8.95. The van der Waals surface area contributed by atoms with E-state index in [0.29, 0.717) is 5.39 Å². The van der Waals surface area contributed by atoms with Gasteiger partial charge in [0.05, 0.1) is 11.5 Å². The lowest BCUT2D eigenvalue weighted by Crippen LogP contribution is -2.01. The van der Waals surface area contributed by atoms with E-state index in [9.17, 15) is 25.1 Å². The maximum atomic E-state index is 11.6. The van der Waals surface area contributed by atoms with Crippen LogP contribution in [-0.4, -0.2) is 27.7 Å². The number of ether oxygens (including phenoxy) is 1. The molecule has 19 heavy (non-hydrogen) atoms. The van der Waals surface area contributed by atoms with Crippen LogP contribution in [-0.2, 0) is 4.74 Å². The van der Waals surface area contributed by atoms with E-state index in [1.165, 1.54) is 6.07 Å². The summed E-state index contributed by atoms with van der Waals surface area (Å²) in [5.41, 5.74) is -0.615. The number of benzene rings is 1. The second-order valence-corrected chi connectivity index (χ2v) is 4.65. The molecule has 0 fully saturated rings. The molecule has 0 spiro atoms. The molecule has 0 saturated carbocycles. The highest BCUT2D eigenvalue weighted by Crippen LogP contribution is 2.45. The Hall–Kier alpha value is -2.35. The third-order valence-electron chi connectivity index (χ3n) is 2.39. The largest absolute Gasteiger partial charge is 0.504 e.